The molecule has 65 heavy (non-hydrogen) atoms. The molecule has 0 saturated carbocycles. The highest BCUT2D eigenvalue weighted by atomic mass is 14.5. The second-order valence-corrected chi connectivity index (χ2v) is 17.9. The van der Waals surface area contributed by atoms with Crippen molar-refractivity contribution in [2.45, 2.75) is 5.41 Å². The Balaban J connectivity index is 1.02. The molecule has 0 heterocycles. The van der Waals surface area contributed by atoms with Gasteiger partial charge in [0.1, 0.15) is 0 Å². The zero-order chi connectivity index (χ0) is 43.0. The first-order chi connectivity index (χ1) is 32.2. The van der Waals surface area contributed by atoms with Crippen LogP contribution in [0.15, 0.2) is 219 Å². The number of fused-ring (bicyclic) bond motifs is 16. The molecule has 0 atom stereocenters. The predicted molar refractivity (Wildman–Crippen MR) is 276 cm³/mol. The Kier molecular flexibility index (Phi) is 7.43. The maximum atomic E-state index is 4.41. The lowest BCUT2D eigenvalue weighted by Crippen LogP contribution is -2.26. The number of hydrogen-bond donors (Lipinski definition) is 0. The maximum absolute atomic E-state index is 4.41. The van der Waals surface area contributed by atoms with Gasteiger partial charge in [0.25, 0.3) is 0 Å². The lowest BCUT2D eigenvalue weighted by atomic mass is 9.69. The predicted octanol–water partition coefficient (Wildman–Crippen LogP) is 17.4. The maximum Gasteiger partial charge on any atom is 0.0731 e. The average molecular weight is 821 g/mol. The molecule has 3 aliphatic rings. The Morgan fingerprint density at radius 1 is 0.308 bits per heavy atom. The lowest BCUT2D eigenvalue weighted by Gasteiger charge is -2.31. The Morgan fingerprint density at radius 3 is 1.49 bits per heavy atom. The topological polar surface area (TPSA) is 0 Å². The molecule has 0 aliphatic heterocycles. The van der Waals surface area contributed by atoms with E-state index in [9.17, 15) is 0 Å². The molecule has 11 aromatic carbocycles. The molecule has 0 radical (unpaired) electrons. The van der Waals surface area contributed by atoms with Crippen molar-refractivity contribution in [1.82, 2.24) is 0 Å². The van der Waals surface area contributed by atoms with E-state index in [1.54, 1.807) is 0 Å². The Labute approximate surface area is 378 Å². The molecule has 0 saturated heterocycles. The van der Waals surface area contributed by atoms with E-state index >= 15 is 0 Å². The van der Waals surface area contributed by atoms with Crippen molar-refractivity contribution >= 4 is 44.5 Å². The van der Waals surface area contributed by atoms with Gasteiger partial charge in [-0.15, -0.1) is 0 Å². The summed E-state index contributed by atoms with van der Waals surface area (Å²) in [4.78, 5) is 0. The van der Waals surface area contributed by atoms with E-state index in [-0.39, 0.29) is 0 Å². The van der Waals surface area contributed by atoms with E-state index in [1.165, 1.54) is 132 Å². The molecule has 0 heteroatoms. The highest BCUT2D eigenvalue weighted by Gasteiger charge is 2.52. The van der Waals surface area contributed by atoms with Crippen LogP contribution < -0.4 is 0 Å². The fourth-order valence-electron chi connectivity index (χ4n) is 12.5. The zero-order valence-corrected chi connectivity index (χ0v) is 35.7. The molecule has 0 fully saturated rings. The molecule has 11 aromatic rings. The van der Waals surface area contributed by atoms with Crippen LogP contribution in [0.3, 0.4) is 0 Å². The third kappa shape index (κ3) is 4.65. The van der Waals surface area contributed by atoms with Crippen LogP contribution >= 0.6 is 0 Å². The van der Waals surface area contributed by atoms with Gasteiger partial charge in [-0.05, 0) is 162 Å². The highest BCUT2D eigenvalue weighted by Crippen LogP contribution is 2.65. The minimum Gasteiger partial charge on any atom is -0.0984 e. The summed E-state index contributed by atoms with van der Waals surface area (Å²) in [5, 5.41) is 7.63. The Hall–Kier alpha value is -8.32. The third-order valence-corrected chi connectivity index (χ3v) is 14.9. The van der Waals surface area contributed by atoms with Crippen LogP contribution in [0.25, 0.3) is 122 Å². The van der Waals surface area contributed by atoms with E-state index in [0.29, 0.717) is 0 Å². The van der Waals surface area contributed by atoms with Crippen LogP contribution in [-0.4, -0.2) is 0 Å². The van der Waals surface area contributed by atoms with Crippen LogP contribution in [0, 0.1) is 0 Å². The van der Waals surface area contributed by atoms with Crippen molar-refractivity contribution in [3.05, 3.63) is 253 Å². The number of benzene rings is 11. The fourth-order valence-corrected chi connectivity index (χ4v) is 12.5. The first-order valence-corrected chi connectivity index (χ1v) is 22.7. The molecule has 0 N–H and O–H groups in total. The largest absolute Gasteiger partial charge is 0.0984 e. The van der Waals surface area contributed by atoms with Gasteiger partial charge in [-0.3, -0.25) is 0 Å². The van der Waals surface area contributed by atoms with E-state index in [4.69, 9.17) is 0 Å². The van der Waals surface area contributed by atoms with Gasteiger partial charge in [-0.25, -0.2) is 0 Å². The summed E-state index contributed by atoms with van der Waals surface area (Å²) in [6.45, 7) is 8.81. The van der Waals surface area contributed by atoms with E-state index in [1.807, 2.05) is 12.2 Å². The second kappa shape index (κ2) is 13.3. The van der Waals surface area contributed by atoms with Gasteiger partial charge in [0.15, 0.2) is 0 Å². The van der Waals surface area contributed by atoms with Gasteiger partial charge < -0.3 is 0 Å². The fraction of sp³-hybridized carbons (Fsp3) is 0.0154. The highest BCUT2D eigenvalue weighted by molar-refractivity contribution is 6.25. The molecule has 0 unspecified atom stereocenters. The zero-order valence-electron chi connectivity index (χ0n) is 35.7. The average Bonchev–Trinajstić information content (AvgIpc) is 3.97. The van der Waals surface area contributed by atoms with Gasteiger partial charge in [0.2, 0.25) is 0 Å². The van der Waals surface area contributed by atoms with E-state index < -0.39 is 5.41 Å². The normalized spacial score (nSPS) is 13.2. The van der Waals surface area contributed by atoms with Crippen LogP contribution in [0.1, 0.15) is 33.4 Å². The summed E-state index contributed by atoms with van der Waals surface area (Å²) >= 11 is 0. The van der Waals surface area contributed by atoms with E-state index in [0.717, 1.165) is 11.1 Å². The summed E-state index contributed by atoms with van der Waals surface area (Å²) in [5.74, 6) is 0. The molecule has 3 aliphatic carbocycles. The van der Waals surface area contributed by atoms with Crippen molar-refractivity contribution in [2.24, 2.45) is 0 Å². The van der Waals surface area contributed by atoms with Crippen LogP contribution in [0.5, 0.6) is 0 Å². The van der Waals surface area contributed by atoms with Gasteiger partial charge in [0.05, 0.1) is 5.41 Å². The minimum absolute atomic E-state index is 0.446. The van der Waals surface area contributed by atoms with Crippen LogP contribution in [0.4, 0.5) is 0 Å². The van der Waals surface area contributed by atoms with Crippen LogP contribution in [-0.2, 0) is 5.41 Å². The van der Waals surface area contributed by atoms with Crippen molar-refractivity contribution in [1.29, 1.82) is 0 Å². The van der Waals surface area contributed by atoms with Gasteiger partial charge in [0, 0.05) is 0 Å². The Morgan fingerprint density at radius 2 is 0.846 bits per heavy atom. The number of hydrogen-bond acceptors (Lipinski definition) is 0. The molecular formula is C65H40. The van der Waals surface area contributed by atoms with Crippen molar-refractivity contribution in [3.63, 3.8) is 0 Å². The summed E-state index contributed by atoms with van der Waals surface area (Å²) < 4.78 is 0. The molecule has 14 rings (SSSR count). The molecular weight excluding hydrogens is 781 g/mol. The second-order valence-electron chi connectivity index (χ2n) is 17.9. The molecule has 0 amide bonds. The van der Waals surface area contributed by atoms with Crippen molar-refractivity contribution < 1.29 is 0 Å². The van der Waals surface area contributed by atoms with Gasteiger partial charge in [-0.2, -0.15) is 0 Å². The summed E-state index contributed by atoms with van der Waals surface area (Å²) in [6.07, 6.45) is 4.06. The minimum atomic E-state index is -0.446. The van der Waals surface area contributed by atoms with E-state index in [2.05, 4.69) is 219 Å². The van der Waals surface area contributed by atoms with Crippen molar-refractivity contribution in [3.8, 4) is 77.9 Å². The molecule has 0 nitrogen and oxygen atoms in total. The van der Waals surface area contributed by atoms with Gasteiger partial charge in [-0.1, -0.05) is 213 Å². The van der Waals surface area contributed by atoms with Gasteiger partial charge >= 0.3 is 0 Å². The molecule has 1 spiro atoms. The smallest absolute Gasteiger partial charge is 0.0731 e. The quantitative estimate of drug-likeness (QED) is 0.162. The standard InChI is InChI=1S/C65H40/c1-3-45-46(4-2)60(40-20-9-6-10-21-40)63-54-35-34-47(51-26-17-27-53(61(51)54)62(63)59(45)39-18-7-5-8-19-39)43-30-32-48-44(36-43)31-33-52-55-37-41-22-11-12-23-42(41)38-58(55)65(64(48)52)56-28-15-13-24-49(56)50-25-14-16-29-57(50)65/h3-38H,1-2H2. The molecule has 300 valence electrons. The summed E-state index contributed by atoms with van der Waals surface area (Å²) in [7, 11) is 0. The third-order valence-electron chi connectivity index (χ3n) is 14.9. The summed E-state index contributed by atoms with van der Waals surface area (Å²) in [5.41, 5.74) is 24.8. The Bertz CT molecular complexity index is 3770. The monoisotopic (exact) mass is 820 g/mol. The number of rotatable bonds is 5. The first kappa shape index (κ1) is 36.2. The summed E-state index contributed by atoms with van der Waals surface area (Å²) in [6, 6.07) is 77.3. The SMILES string of the molecule is C=Cc1c(C=C)c(-c2ccccc2)c2c(c1-c1ccccc1)-c1cccc3c(-c4ccc5c6c(ccc5c4)-c4cc5ccccc5cc4C64c5ccccc5-c5ccccc54)ccc-2c13. The molecule has 0 bridgehead atoms. The van der Waals surface area contributed by atoms with Crippen molar-refractivity contribution in [2.75, 3.05) is 0 Å². The molecule has 0 aromatic heterocycles. The lowest BCUT2D eigenvalue weighted by molar-refractivity contribution is 0.802. The first-order valence-electron chi connectivity index (χ1n) is 22.7. The van der Waals surface area contributed by atoms with Crippen LogP contribution in [0.2, 0.25) is 0 Å².